The van der Waals surface area contributed by atoms with E-state index in [-0.39, 0.29) is 38.6 Å². The lowest BCUT2D eigenvalue weighted by atomic mass is 9.83. The van der Waals surface area contributed by atoms with Crippen LogP contribution in [0.1, 0.15) is 25.7 Å². The lowest BCUT2D eigenvalue weighted by Gasteiger charge is -2.47. The summed E-state index contributed by atoms with van der Waals surface area (Å²) in [5, 5.41) is 66.4. The highest BCUT2D eigenvalue weighted by molar-refractivity contribution is 5.73. The van der Waals surface area contributed by atoms with Gasteiger partial charge in [-0.1, -0.05) is 0 Å². The van der Waals surface area contributed by atoms with Crippen molar-refractivity contribution in [1.29, 1.82) is 0 Å². The summed E-state index contributed by atoms with van der Waals surface area (Å²) in [5.41, 5.74) is 18.0. The number of hydrogen-bond acceptors (Lipinski definition) is 15. The van der Waals surface area contributed by atoms with Gasteiger partial charge >= 0.3 is 6.03 Å². The second kappa shape index (κ2) is 15.8. The summed E-state index contributed by atoms with van der Waals surface area (Å²) in [6.07, 6.45) is -8.78. The maximum atomic E-state index is 12.5. The van der Waals surface area contributed by atoms with Crippen LogP contribution < -0.4 is 27.8 Å². The summed E-state index contributed by atoms with van der Waals surface area (Å²) in [6.45, 7) is 0.137. The fourth-order valence-electron chi connectivity index (χ4n) is 5.15. The molecule has 0 radical (unpaired) electrons. The van der Waals surface area contributed by atoms with Crippen molar-refractivity contribution < 1.29 is 54.5 Å². The van der Waals surface area contributed by atoms with Crippen molar-refractivity contribution in [2.75, 3.05) is 39.4 Å². The first-order valence-electron chi connectivity index (χ1n) is 13.7. The highest BCUT2D eigenvalue weighted by Gasteiger charge is 2.49. The van der Waals surface area contributed by atoms with Crippen LogP contribution in [0, 0.1) is 0 Å². The number of aliphatic hydroxyl groups excluding tert-OH is 5. The van der Waals surface area contributed by atoms with Gasteiger partial charge in [0.15, 0.2) is 12.6 Å². The molecule has 234 valence electrons. The molecule has 2 aliphatic heterocycles. The Morgan fingerprint density at radius 2 is 1.70 bits per heavy atom. The van der Waals surface area contributed by atoms with E-state index in [1.54, 1.807) is 0 Å². The molecule has 3 aliphatic rings. The van der Waals surface area contributed by atoms with Crippen LogP contribution in [-0.4, -0.2) is 155 Å². The van der Waals surface area contributed by atoms with Crippen molar-refractivity contribution >= 4 is 6.03 Å². The summed E-state index contributed by atoms with van der Waals surface area (Å²) >= 11 is 0. The van der Waals surface area contributed by atoms with Gasteiger partial charge < -0.3 is 72.3 Å². The van der Waals surface area contributed by atoms with Crippen molar-refractivity contribution in [2.45, 2.75) is 99.1 Å². The molecule has 1 saturated carbocycles. The predicted molar refractivity (Wildman–Crippen MR) is 136 cm³/mol. The van der Waals surface area contributed by atoms with Gasteiger partial charge in [-0.25, -0.2) is 9.86 Å². The third-order valence-electron chi connectivity index (χ3n) is 7.36. The normalized spacial score (nSPS) is 40.5. The van der Waals surface area contributed by atoms with Gasteiger partial charge in [0, 0.05) is 32.1 Å². The highest BCUT2D eigenvalue weighted by atomic mass is 16.7. The fraction of sp³-hybridized carbons (Fsp3) is 0.957. The maximum absolute atomic E-state index is 12.5. The molecule has 14 N–H and O–H groups in total. The molecule has 2 saturated heterocycles. The van der Waals surface area contributed by atoms with Gasteiger partial charge in [0.2, 0.25) is 0 Å². The highest BCUT2D eigenvalue weighted by Crippen LogP contribution is 2.31. The average Bonchev–Trinajstić information content (AvgIpc) is 2.91. The molecule has 1 aliphatic carbocycles. The van der Waals surface area contributed by atoms with Gasteiger partial charge in [-0.2, -0.15) is 0 Å². The van der Waals surface area contributed by atoms with Crippen LogP contribution in [0.3, 0.4) is 0 Å². The van der Waals surface area contributed by atoms with Gasteiger partial charge in [0.25, 0.3) is 0 Å². The lowest BCUT2D eigenvalue weighted by molar-refractivity contribution is -0.310. The summed E-state index contributed by atoms with van der Waals surface area (Å²) in [4.78, 5) is 12.5. The van der Waals surface area contributed by atoms with Crippen molar-refractivity contribution in [3.05, 3.63) is 0 Å². The topological polar surface area (TPSA) is 281 Å². The molecule has 40 heavy (non-hydrogen) atoms. The molecule has 12 atom stereocenters. The maximum Gasteiger partial charge on any atom is 0.341 e. The molecule has 0 spiro atoms. The van der Waals surface area contributed by atoms with E-state index >= 15 is 0 Å². The Labute approximate surface area is 232 Å². The monoisotopic (exact) mass is 582 g/mol. The van der Waals surface area contributed by atoms with E-state index in [2.05, 4.69) is 10.6 Å². The number of aliphatic hydroxyl groups is 5. The van der Waals surface area contributed by atoms with Crippen molar-refractivity contribution in [2.24, 2.45) is 17.2 Å². The molecule has 0 bridgehead atoms. The zero-order chi connectivity index (χ0) is 29.4. The number of hydroxylamine groups is 2. The number of nitrogens with zero attached hydrogens (tertiary/aromatic N) is 1. The standard InChI is InChI=1S/C23H46N6O11/c24-3-5-29(36)23(35)28-14-7-13(26)19(39-21-12(25)2-1-11(37-21)9-27-4-6-30)18(34)20(14)40-22-16(33)8-15(32)17(10-31)38-22/h11-22,27,30-34,36H,1-10,24-26H2,(H,28,35). The first-order valence-corrected chi connectivity index (χ1v) is 13.7. The summed E-state index contributed by atoms with van der Waals surface area (Å²) < 4.78 is 23.6. The largest absolute Gasteiger partial charge is 0.395 e. The van der Waals surface area contributed by atoms with Crippen LogP contribution in [0.4, 0.5) is 4.79 Å². The van der Waals surface area contributed by atoms with Crippen LogP contribution >= 0.6 is 0 Å². The van der Waals surface area contributed by atoms with Gasteiger partial charge in [0.1, 0.15) is 30.5 Å². The SMILES string of the molecule is NCCN(O)C(=O)NC1CC(N)C(OC2OC(CNCCO)CCC2N)C(O)C1OC1OC(CO)C(O)CC1O. The minimum Gasteiger partial charge on any atom is -0.395 e. The molecule has 0 aromatic rings. The molecule has 17 heteroatoms. The number of rotatable bonds is 12. The van der Waals surface area contributed by atoms with Crippen LogP contribution in [-0.2, 0) is 18.9 Å². The number of nitrogens with one attached hydrogen (secondary N) is 2. The third-order valence-corrected chi connectivity index (χ3v) is 7.36. The lowest BCUT2D eigenvalue weighted by Crippen LogP contribution is -2.67. The van der Waals surface area contributed by atoms with E-state index in [4.69, 9.17) is 41.3 Å². The van der Waals surface area contributed by atoms with E-state index in [9.17, 15) is 30.4 Å². The quantitative estimate of drug-likeness (QED) is 0.0583. The van der Waals surface area contributed by atoms with Crippen molar-refractivity contribution in [1.82, 2.24) is 15.7 Å². The Morgan fingerprint density at radius 1 is 0.975 bits per heavy atom. The molecular formula is C23H46N6O11. The Morgan fingerprint density at radius 3 is 2.38 bits per heavy atom. The second-order valence-corrected chi connectivity index (χ2v) is 10.5. The van der Waals surface area contributed by atoms with Crippen LogP contribution in [0.2, 0.25) is 0 Å². The molecule has 0 aromatic carbocycles. The number of nitrogens with two attached hydrogens (primary N) is 3. The number of carbonyl (C=O) groups excluding carboxylic acids is 1. The molecule has 2 heterocycles. The molecule has 17 nitrogen and oxygen atoms in total. The van der Waals surface area contributed by atoms with E-state index in [1.807, 2.05) is 0 Å². The Balaban J connectivity index is 1.76. The van der Waals surface area contributed by atoms with Crippen molar-refractivity contribution in [3.8, 4) is 0 Å². The number of urea groups is 1. The first kappa shape index (κ1) is 33.2. The first-order chi connectivity index (χ1) is 19.1. The van der Waals surface area contributed by atoms with E-state index in [0.29, 0.717) is 31.0 Å². The molecule has 3 fully saturated rings. The van der Waals surface area contributed by atoms with Gasteiger partial charge in [-0.3, -0.25) is 5.21 Å². The number of ether oxygens (including phenoxy) is 4. The van der Waals surface area contributed by atoms with Gasteiger partial charge in [-0.05, 0) is 19.3 Å². The molecule has 12 unspecified atom stereocenters. The smallest absolute Gasteiger partial charge is 0.341 e. The van der Waals surface area contributed by atoms with E-state index in [1.165, 1.54) is 0 Å². The Kier molecular flexibility index (Phi) is 13.1. The van der Waals surface area contributed by atoms with Gasteiger partial charge in [-0.15, -0.1) is 0 Å². The molecule has 3 rings (SSSR count). The summed E-state index contributed by atoms with van der Waals surface area (Å²) in [5.74, 6) is 0. The minimum atomic E-state index is -1.49. The Hall–Kier alpha value is -1.29. The molecular weight excluding hydrogens is 536 g/mol. The summed E-state index contributed by atoms with van der Waals surface area (Å²) in [7, 11) is 0. The third kappa shape index (κ3) is 8.62. The number of amides is 2. The average molecular weight is 583 g/mol. The summed E-state index contributed by atoms with van der Waals surface area (Å²) in [6, 6.07) is -3.24. The molecule has 0 aromatic heterocycles. The van der Waals surface area contributed by atoms with E-state index < -0.39 is 80.0 Å². The zero-order valence-electron chi connectivity index (χ0n) is 22.4. The Bertz CT molecular complexity index is 775. The fourth-order valence-corrected chi connectivity index (χ4v) is 5.15. The minimum absolute atomic E-state index is 0.00227. The second-order valence-electron chi connectivity index (χ2n) is 10.5. The number of carbonyl (C=O) groups is 1. The van der Waals surface area contributed by atoms with Gasteiger partial charge in [0.05, 0.1) is 44.1 Å². The van der Waals surface area contributed by atoms with E-state index in [0.717, 1.165) is 0 Å². The van der Waals surface area contributed by atoms with Crippen LogP contribution in [0.25, 0.3) is 0 Å². The zero-order valence-corrected chi connectivity index (χ0v) is 22.4. The van der Waals surface area contributed by atoms with Crippen molar-refractivity contribution in [3.63, 3.8) is 0 Å². The van der Waals surface area contributed by atoms with Crippen LogP contribution in [0.15, 0.2) is 0 Å². The molecule has 2 amide bonds. The van der Waals surface area contributed by atoms with Crippen LogP contribution in [0.5, 0.6) is 0 Å². The predicted octanol–water partition coefficient (Wildman–Crippen LogP) is -5.18. The number of hydrogen-bond donors (Lipinski definition) is 11.